The van der Waals surface area contributed by atoms with E-state index in [0.717, 1.165) is 0 Å². The number of carbonyl (C=O) groups excluding carboxylic acids is 2. The molecule has 0 spiro atoms. The summed E-state index contributed by atoms with van der Waals surface area (Å²) in [6, 6.07) is 8.36. The molecule has 2 rings (SSSR count). The van der Waals surface area contributed by atoms with E-state index in [0.29, 0.717) is 12.1 Å². The van der Waals surface area contributed by atoms with Gasteiger partial charge >= 0.3 is 6.03 Å². The van der Waals surface area contributed by atoms with E-state index in [2.05, 4.69) is 10.6 Å². The summed E-state index contributed by atoms with van der Waals surface area (Å²) in [5.41, 5.74) is 0.676. The van der Waals surface area contributed by atoms with E-state index >= 15 is 0 Å². The average Bonchev–Trinajstić information content (AvgIpc) is 2.84. The zero-order valence-electron chi connectivity index (χ0n) is 13.0. The van der Waals surface area contributed by atoms with Gasteiger partial charge in [-0.25, -0.2) is 13.2 Å². The second-order valence-electron chi connectivity index (χ2n) is 5.52. The quantitative estimate of drug-likeness (QED) is 0.831. The van der Waals surface area contributed by atoms with Crippen LogP contribution in [-0.2, 0) is 14.6 Å². The smallest absolute Gasteiger partial charge is 0.319 e. The Kier molecular flexibility index (Phi) is 5.59. The zero-order valence-corrected chi connectivity index (χ0v) is 13.8. The first-order chi connectivity index (χ1) is 10.9. The molecule has 1 unspecified atom stereocenters. The summed E-state index contributed by atoms with van der Waals surface area (Å²) >= 11 is 0. The van der Waals surface area contributed by atoms with E-state index in [4.69, 9.17) is 0 Å². The highest BCUT2D eigenvalue weighted by atomic mass is 32.2. The number of urea groups is 1. The Morgan fingerprint density at radius 2 is 1.96 bits per heavy atom. The maximum atomic E-state index is 11.8. The normalized spacial score (nSPS) is 19.1. The lowest BCUT2D eigenvalue weighted by Gasteiger charge is -2.27. The molecule has 0 aliphatic carbocycles. The SMILES string of the molecule is CC(=O)N(CCNC(=O)Nc1ccccc1)C1CCS(=O)(=O)C1. The second kappa shape index (κ2) is 7.45. The fourth-order valence-electron chi connectivity index (χ4n) is 2.60. The maximum absolute atomic E-state index is 11.8. The molecule has 1 atom stereocenters. The summed E-state index contributed by atoms with van der Waals surface area (Å²) in [6.07, 6.45) is 0.456. The molecule has 0 radical (unpaired) electrons. The highest BCUT2D eigenvalue weighted by Gasteiger charge is 2.33. The minimum absolute atomic E-state index is 0.00277. The van der Waals surface area contributed by atoms with Gasteiger partial charge < -0.3 is 15.5 Å². The first kappa shape index (κ1) is 17.3. The molecule has 0 aromatic heterocycles. The van der Waals surface area contributed by atoms with Crippen LogP contribution in [0.15, 0.2) is 30.3 Å². The molecule has 1 aliphatic rings. The topological polar surface area (TPSA) is 95.6 Å². The van der Waals surface area contributed by atoms with Gasteiger partial charge in [-0.05, 0) is 18.6 Å². The van der Waals surface area contributed by atoms with Gasteiger partial charge in [-0.2, -0.15) is 0 Å². The summed E-state index contributed by atoms with van der Waals surface area (Å²) in [5, 5.41) is 5.35. The number of nitrogens with zero attached hydrogens (tertiary/aromatic N) is 1. The van der Waals surface area contributed by atoms with Crippen molar-refractivity contribution >= 4 is 27.5 Å². The fourth-order valence-corrected chi connectivity index (χ4v) is 4.34. The van der Waals surface area contributed by atoms with E-state index < -0.39 is 9.84 Å². The third-order valence-corrected chi connectivity index (χ3v) is 5.47. The van der Waals surface area contributed by atoms with Crippen molar-refractivity contribution in [3.8, 4) is 0 Å². The third kappa shape index (κ3) is 5.24. The van der Waals surface area contributed by atoms with Crippen molar-refractivity contribution in [2.75, 3.05) is 29.9 Å². The van der Waals surface area contributed by atoms with E-state index in [1.54, 1.807) is 12.1 Å². The van der Waals surface area contributed by atoms with Gasteiger partial charge in [0.1, 0.15) is 0 Å². The monoisotopic (exact) mass is 339 g/mol. The van der Waals surface area contributed by atoms with Gasteiger partial charge in [-0.1, -0.05) is 18.2 Å². The molecule has 0 bridgehead atoms. The van der Waals surface area contributed by atoms with Crippen LogP contribution in [0.5, 0.6) is 0 Å². The lowest BCUT2D eigenvalue weighted by molar-refractivity contribution is -0.130. The number of hydrogen-bond donors (Lipinski definition) is 2. The molecule has 8 heteroatoms. The van der Waals surface area contributed by atoms with Crippen LogP contribution in [0.4, 0.5) is 10.5 Å². The average molecular weight is 339 g/mol. The van der Waals surface area contributed by atoms with Crippen LogP contribution in [0, 0.1) is 0 Å². The van der Waals surface area contributed by atoms with Crippen LogP contribution in [-0.4, -0.2) is 55.9 Å². The Bertz CT molecular complexity index is 661. The molecule has 1 aromatic carbocycles. The van der Waals surface area contributed by atoms with E-state index in [1.807, 2.05) is 18.2 Å². The molecule has 1 heterocycles. The summed E-state index contributed by atoms with van der Waals surface area (Å²) in [7, 11) is -3.05. The minimum Gasteiger partial charge on any atom is -0.337 e. The lowest BCUT2D eigenvalue weighted by Crippen LogP contribution is -2.44. The summed E-state index contributed by atoms with van der Waals surface area (Å²) < 4.78 is 23.1. The van der Waals surface area contributed by atoms with Crippen LogP contribution in [0.25, 0.3) is 0 Å². The van der Waals surface area contributed by atoms with Gasteiger partial charge in [-0.15, -0.1) is 0 Å². The van der Waals surface area contributed by atoms with Gasteiger partial charge in [0.2, 0.25) is 5.91 Å². The van der Waals surface area contributed by atoms with Crippen molar-refractivity contribution in [1.82, 2.24) is 10.2 Å². The number of amides is 3. The van der Waals surface area contributed by atoms with Crippen LogP contribution in [0.2, 0.25) is 0 Å². The molecule has 1 aromatic rings. The van der Waals surface area contributed by atoms with Crippen molar-refractivity contribution < 1.29 is 18.0 Å². The van der Waals surface area contributed by atoms with Crippen LogP contribution >= 0.6 is 0 Å². The number of para-hydroxylation sites is 1. The molecular formula is C15H21N3O4S. The Morgan fingerprint density at radius 1 is 1.26 bits per heavy atom. The largest absolute Gasteiger partial charge is 0.337 e. The molecule has 0 saturated carbocycles. The number of carbonyl (C=O) groups is 2. The molecule has 126 valence electrons. The standard InChI is InChI=1S/C15H21N3O4S/c1-12(19)18(14-7-10-23(21,22)11-14)9-8-16-15(20)17-13-5-3-2-4-6-13/h2-6,14H,7-11H2,1H3,(H2,16,17,20). The fraction of sp³-hybridized carbons (Fsp3) is 0.467. The summed E-state index contributed by atoms with van der Waals surface area (Å²) in [5.74, 6) is -0.0658. The van der Waals surface area contributed by atoms with Gasteiger partial charge in [0.05, 0.1) is 11.5 Å². The number of anilines is 1. The molecule has 1 saturated heterocycles. The summed E-state index contributed by atoms with van der Waals surface area (Å²) in [6.45, 7) is 1.96. The Hall–Kier alpha value is -2.09. The van der Waals surface area contributed by atoms with Crippen LogP contribution < -0.4 is 10.6 Å². The Balaban J connectivity index is 1.81. The summed E-state index contributed by atoms with van der Waals surface area (Å²) in [4.78, 5) is 25.0. The van der Waals surface area contributed by atoms with Crippen molar-refractivity contribution in [3.05, 3.63) is 30.3 Å². The van der Waals surface area contributed by atoms with Crippen LogP contribution in [0.1, 0.15) is 13.3 Å². The van der Waals surface area contributed by atoms with Crippen molar-refractivity contribution in [3.63, 3.8) is 0 Å². The molecule has 23 heavy (non-hydrogen) atoms. The second-order valence-corrected chi connectivity index (χ2v) is 7.74. The van der Waals surface area contributed by atoms with E-state index in [-0.39, 0.29) is 42.6 Å². The van der Waals surface area contributed by atoms with E-state index in [9.17, 15) is 18.0 Å². The minimum atomic E-state index is -3.05. The zero-order chi connectivity index (χ0) is 16.9. The molecular weight excluding hydrogens is 318 g/mol. The number of sulfone groups is 1. The molecule has 7 nitrogen and oxygen atoms in total. The Morgan fingerprint density at radius 3 is 2.52 bits per heavy atom. The maximum Gasteiger partial charge on any atom is 0.319 e. The molecule has 3 amide bonds. The third-order valence-electron chi connectivity index (χ3n) is 3.72. The van der Waals surface area contributed by atoms with Gasteiger partial charge in [0.15, 0.2) is 9.84 Å². The first-order valence-electron chi connectivity index (χ1n) is 7.45. The molecule has 1 aliphatic heterocycles. The van der Waals surface area contributed by atoms with Crippen molar-refractivity contribution in [2.24, 2.45) is 0 Å². The van der Waals surface area contributed by atoms with Crippen LogP contribution in [0.3, 0.4) is 0 Å². The molecule has 1 fully saturated rings. The Labute approximate surface area is 136 Å². The predicted octanol–water partition coefficient (Wildman–Crippen LogP) is 0.844. The van der Waals surface area contributed by atoms with Crippen molar-refractivity contribution in [2.45, 2.75) is 19.4 Å². The molecule has 2 N–H and O–H groups in total. The van der Waals surface area contributed by atoms with Gasteiger partial charge in [0, 0.05) is 31.7 Å². The highest BCUT2D eigenvalue weighted by Crippen LogP contribution is 2.17. The number of rotatable bonds is 5. The van der Waals surface area contributed by atoms with E-state index in [1.165, 1.54) is 11.8 Å². The number of nitrogens with one attached hydrogen (secondary N) is 2. The van der Waals surface area contributed by atoms with Gasteiger partial charge in [-0.3, -0.25) is 4.79 Å². The highest BCUT2D eigenvalue weighted by molar-refractivity contribution is 7.91. The lowest BCUT2D eigenvalue weighted by atomic mass is 10.2. The number of hydrogen-bond acceptors (Lipinski definition) is 4. The van der Waals surface area contributed by atoms with Gasteiger partial charge in [0.25, 0.3) is 0 Å². The predicted molar refractivity (Wildman–Crippen MR) is 87.9 cm³/mol. The number of benzene rings is 1. The first-order valence-corrected chi connectivity index (χ1v) is 9.27. The van der Waals surface area contributed by atoms with Crippen molar-refractivity contribution in [1.29, 1.82) is 0 Å².